The van der Waals surface area contributed by atoms with E-state index in [1.807, 2.05) is 13.8 Å². The Balaban J connectivity index is 2.65. The van der Waals surface area contributed by atoms with Crippen molar-refractivity contribution in [3.05, 3.63) is 35.4 Å². The number of rotatable bonds is 8. The lowest BCUT2D eigenvalue weighted by atomic mass is 10.0. The highest BCUT2D eigenvalue weighted by Gasteiger charge is 2.26. The molecule has 2 N–H and O–H groups in total. The first-order valence-corrected chi connectivity index (χ1v) is 8.92. The van der Waals surface area contributed by atoms with E-state index in [0.29, 0.717) is 12.0 Å². The Kier molecular flexibility index (Phi) is 8.28. The zero-order valence-electron chi connectivity index (χ0n) is 16.6. The zero-order chi connectivity index (χ0) is 20.6. The highest BCUT2D eigenvalue weighted by Crippen LogP contribution is 2.12. The quantitative estimate of drug-likeness (QED) is 0.672. The molecule has 0 aliphatic rings. The molecule has 1 aromatic carbocycles. The fourth-order valence-corrected chi connectivity index (χ4v) is 2.32. The standard InChI is InChI=1S/C20H29NO6/c1-13(2)10-16(21-19(25)27-20(3,4)5)18(24)26-12-15-8-6-14(7-9-15)11-17(22)23/h6-9,13,16H,10-12H2,1-5H3,(H,21,25)(H,22,23). The van der Waals surface area contributed by atoms with Crippen molar-refractivity contribution in [3.63, 3.8) is 0 Å². The topological polar surface area (TPSA) is 102 Å². The number of carboxylic acid groups (broad SMARTS) is 1. The number of carboxylic acids is 1. The third-order valence-electron chi connectivity index (χ3n) is 3.44. The minimum atomic E-state index is -0.904. The first-order chi connectivity index (χ1) is 12.5. The van der Waals surface area contributed by atoms with Crippen molar-refractivity contribution >= 4 is 18.0 Å². The third-order valence-corrected chi connectivity index (χ3v) is 3.44. The molecule has 0 heterocycles. The zero-order valence-corrected chi connectivity index (χ0v) is 16.6. The van der Waals surface area contributed by atoms with E-state index in [0.717, 1.165) is 5.56 Å². The molecule has 0 aliphatic carbocycles. The van der Waals surface area contributed by atoms with Gasteiger partial charge in [0.15, 0.2) is 0 Å². The van der Waals surface area contributed by atoms with E-state index in [2.05, 4.69) is 5.32 Å². The van der Waals surface area contributed by atoms with Crippen LogP contribution in [0.5, 0.6) is 0 Å². The van der Waals surface area contributed by atoms with E-state index in [4.69, 9.17) is 14.6 Å². The second kappa shape index (κ2) is 9.94. The Morgan fingerprint density at radius 3 is 2.11 bits per heavy atom. The number of hydrogen-bond acceptors (Lipinski definition) is 5. The normalized spacial score (nSPS) is 12.4. The Hall–Kier alpha value is -2.57. The van der Waals surface area contributed by atoms with E-state index < -0.39 is 29.7 Å². The molecule has 0 fully saturated rings. The van der Waals surface area contributed by atoms with Gasteiger partial charge < -0.3 is 19.9 Å². The van der Waals surface area contributed by atoms with Crippen LogP contribution < -0.4 is 5.32 Å². The van der Waals surface area contributed by atoms with E-state index in [9.17, 15) is 14.4 Å². The Labute approximate surface area is 160 Å². The number of ether oxygens (including phenoxy) is 2. The number of carbonyl (C=O) groups excluding carboxylic acids is 2. The number of carbonyl (C=O) groups is 3. The summed E-state index contributed by atoms with van der Waals surface area (Å²) in [6, 6.07) is 5.99. The first kappa shape index (κ1) is 22.5. The van der Waals surface area contributed by atoms with Gasteiger partial charge in [0.1, 0.15) is 18.2 Å². The molecule has 0 aliphatic heterocycles. The fourth-order valence-electron chi connectivity index (χ4n) is 2.32. The van der Waals surface area contributed by atoms with Crippen molar-refractivity contribution in [2.24, 2.45) is 5.92 Å². The summed E-state index contributed by atoms with van der Waals surface area (Å²) in [5.74, 6) is -1.27. The number of amides is 1. The molecule has 0 radical (unpaired) electrons. The predicted molar refractivity (Wildman–Crippen MR) is 100 cm³/mol. The van der Waals surface area contributed by atoms with Crippen LogP contribution >= 0.6 is 0 Å². The molecule has 7 nitrogen and oxygen atoms in total. The predicted octanol–water partition coefficient (Wildman–Crippen LogP) is 3.30. The molecular weight excluding hydrogens is 350 g/mol. The Bertz CT molecular complexity index is 645. The summed E-state index contributed by atoms with van der Waals surface area (Å²) in [7, 11) is 0. The number of esters is 1. The highest BCUT2D eigenvalue weighted by molar-refractivity contribution is 5.81. The van der Waals surface area contributed by atoms with Gasteiger partial charge in [-0.2, -0.15) is 0 Å². The SMILES string of the molecule is CC(C)CC(NC(=O)OC(C)(C)C)C(=O)OCc1ccc(CC(=O)O)cc1. The van der Waals surface area contributed by atoms with Gasteiger partial charge >= 0.3 is 18.0 Å². The molecule has 0 saturated heterocycles. The van der Waals surface area contributed by atoms with Gasteiger partial charge in [0, 0.05) is 0 Å². The van der Waals surface area contributed by atoms with Crippen molar-refractivity contribution < 1.29 is 29.0 Å². The summed E-state index contributed by atoms with van der Waals surface area (Å²) in [5.41, 5.74) is 0.744. The Morgan fingerprint density at radius 2 is 1.63 bits per heavy atom. The lowest BCUT2D eigenvalue weighted by Crippen LogP contribution is -2.44. The Morgan fingerprint density at radius 1 is 1.07 bits per heavy atom. The summed E-state index contributed by atoms with van der Waals surface area (Å²) in [6.07, 6.45) is -0.297. The van der Waals surface area contributed by atoms with Crippen molar-refractivity contribution in [1.82, 2.24) is 5.32 Å². The van der Waals surface area contributed by atoms with Gasteiger partial charge in [-0.1, -0.05) is 38.1 Å². The molecular formula is C20H29NO6. The maximum Gasteiger partial charge on any atom is 0.408 e. The number of nitrogens with one attached hydrogen (secondary N) is 1. The van der Waals surface area contributed by atoms with E-state index in [1.165, 1.54) is 0 Å². The molecule has 27 heavy (non-hydrogen) atoms. The minimum Gasteiger partial charge on any atom is -0.481 e. The summed E-state index contributed by atoms with van der Waals surface area (Å²) >= 11 is 0. The number of hydrogen-bond donors (Lipinski definition) is 2. The lowest BCUT2D eigenvalue weighted by molar-refractivity contribution is -0.148. The van der Waals surface area contributed by atoms with Gasteiger partial charge in [0.05, 0.1) is 6.42 Å². The average molecular weight is 379 g/mol. The van der Waals surface area contributed by atoms with Gasteiger partial charge in [-0.25, -0.2) is 9.59 Å². The van der Waals surface area contributed by atoms with Gasteiger partial charge in [0.25, 0.3) is 0 Å². The summed E-state index contributed by atoms with van der Waals surface area (Å²) in [6.45, 7) is 9.16. The van der Waals surface area contributed by atoms with E-state index in [1.54, 1.807) is 45.0 Å². The fraction of sp³-hybridized carbons (Fsp3) is 0.550. The maximum absolute atomic E-state index is 12.4. The van der Waals surface area contributed by atoms with Gasteiger partial charge in [0.2, 0.25) is 0 Å². The molecule has 1 unspecified atom stereocenters. The number of benzene rings is 1. The van der Waals surface area contributed by atoms with Crippen molar-refractivity contribution in [1.29, 1.82) is 0 Å². The maximum atomic E-state index is 12.4. The van der Waals surface area contributed by atoms with Crippen LogP contribution in [0, 0.1) is 5.92 Å². The number of aliphatic carboxylic acids is 1. The second-order valence-electron chi connectivity index (χ2n) is 7.82. The van der Waals surface area contributed by atoms with Crippen LogP contribution in [-0.4, -0.2) is 34.8 Å². The second-order valence-corrected chi connectivity index (χ2v) is 7.82. The van der Waals surface area contributed by atoms with Gasteiger partial charge in [-0.05, 0) is 44.2 Å². The van der Waals surface area contributed by atoms with Gasteiger partial charge in [-0.15, -0.1) is 0 Å². The smallest absolute Gasteiger partial charge is 0.408 e. The average Bonchev–Trinajstić information content (AvgIpc) is 2.50. The summed E-state index contributed by atoms with van der Waals surface area (Å²) in [5, 5.41) is 11.3. The van der Waals surface area contributed by atoms with Crippen LogP contribution in [0.15, 0.2) is 24.3 Å². The van der Waals surface area contributed by atoms with Crippen LogP contribution in [0.3, 0.4) is 0 Å². The monoisotopic (exact) mass is 379 g/mol. The van der Waals surface area contributed by atoms with Crippen LogP contribution in [0.2, 0.25) is 0 Å². The van der Waals surface area contributed by atoms with E-state index >= 15 is 0 Å². The van der Waals surface area contributed by atoms with Gasteiger partial charge in [-0.3, -0.25) is 4.79 Å². The molecule has 0 bridgehead atoms. The summed E-state index contributed by atoms with van der Waals surface area (Å²) < 4.78 is 10.5. The minimum absolute atomic E-state index is 0.0385. The molecule has 1 rings (SSSR count). The highest BCUT2D eigenvalue weighted by atomic mass is 16.6. The van der Waals surface area contributed by atoms with Crippen molar-refractivity contribution in [2.45, 2.75) is 65.7 Å². The number of alkyl carbamates (subject to hydrolysis) is 1. The lowest BCUT2D eigenvalue weighted by Gasteiger charge is -2.23. The molecule has 0 saturated carbocycles. The van der Waals surface area contributed by atoms with Crippen molar-refractivity contribution in [3.8, 4) is 0 Å². The molecule has 1 amide bonds. The van der Waals surface area contributed by atoms with Crippen LogP contribution in [0.25, 0.3) is 0 Å². The molecule has 150 valence electrons. The molecule has 7 heteroatoms. The molecule has 1 atom stereocenters. The van der Waals surface area contributed by atoms with Crippen LogP contribution in [0.1, 0.15) is 52.2 Å². The van der Waals surface area contributed by atoms with E-state index in [-0.39, 0.29) is 18.9 Å². The first-order valence-electron chi connectivity index (χ1n) is 8.92. The largest absolute Gasteiger partial charge is 0.481 e. The summed E-state index contributed by atoms with van der Waals surface area (Å²) in [4.78, 5) is 35.1. The van der Waals surface area contributed by atoms with Crippen LogP contribution in [0.4, 0.5) is 4.79 Å². The molecule has 0 spiro atoms. The molecule has 0 aromatic heterocycles. The van der Waals surface area contributed by atoms with Crippen LogP contribution in [-0.2, 0) is 32.1 Å². The molecule has 1 aromatic rings. The van der Waals surface area contributed by atoms with Crippen molar-refractivity contribution in [2.75, 3.05) is 0 Å². The third kappa shape index (κ3) is 9.63.